The van der Waals surface area contributed by atoms with Gasteiger partial charge < -0.3 is 9.09 Å². The number of benzene rings is 1. The van der Waals surface area contributed by atoms with E-state index in [0.29, 0.717) is 5.92 Å². The molecule has 0 saturated carbocycles. The van der Waals surface area contributed by atoms with E-state index in [1.807, 2.05) is 17.1 Å². The van der Waals surface area contributed by atoms with Gasteiger partial charge in [0.2, 0.25) is 5.89 Å². The highest BCUT2D eigenvalue weighted by Gasteiger charge is 2.30. The fourth-order valence-electron chi connectivity index (χ4n) is 3.33. The Morgan fingerprint density at radius 1 is 1.24 bits per heavy atom. The highest BCUT2D eigenvalue weighted by Crippen LogP contribution is 2.32. The number of hydrogen-bond acceptors (Lipinski definition) is 5. The zero-order valence-corrected chi connectivity index (χ0v) is 14.7. The third-order valence-corrected chi connectivity index (χ3v) is 4.75. The molecule has 3 heterocycles. The minimum atomic E-state index is 0.230. The van der Waals surface area contributed by atoms with Gasteiger partial charge in [0.15, 0.2) is 5.82 Å². The lowest BCUT2D eigenvalue weighted by Crippen LogP contribution is -2.23. The molecule has 3 aromatic rings. The lowest BCUT2D eigenvalue weighted by Gasteiger charge is -2.21. The molecule has 1 aliphatic heterocycles. The second-order valence-corrected chi connectivity index (χ2v) is 6.91. The molecule has 0 spiro atoms. The van der Waals surface area contributed by atoms with Crippen molar-refractivity contribution < 1.29 is 4.52 Å². The number of nitrogens with zero attached hydrogens (tertiary/aromatic N) is 5. The third-order valence-electron chi connectivity index (χ3n) is 4.75. The number of likely N-dealkylation sites (tertiary alicyclic amines) is 1. The largest absolute Gasteiger partial charge is 0.338 e. The maximum atomic E-state index is 5.53. The Hall–Kier alpha value is -2.47. The van der Waals surface area contributed by atoms with Crippen molar-refractivity contribution in [1.82, 2.24) is 24.6 Å². The molecule has 6 nitrogen and oxygen atoms in total. The molecule has 1 aliphatic rings. The van der Waals surface area contributed by atoms with Crippen molar-refractivity contribution in [2.45, 2.75) is 45.2 Å². The van der Waals surface area contributed by atoms with E-state index in [1.165, 1.54) is 5.56 Å². The van der Waals surface area contributed by atoms with Crippen LogP contribution in [-0.2, 0) is 6.54 Å². The van der Waals surface area contributed by atoms with Crippen LogP contribution in [0.1, 0.15) is 55.9 Å². The number of imidazole rings is 1. The molecule has 6 heteroatoms. The normalized spacial score (nSPS) is 18.3. The van der Waals surface area contributed by atoms with Gasteiger partial charge in [-0.3, -0.25) is 4.90 Å². The van der Waals surface area contributed by atoms with E-state index >= 15 is 0 Å². The molecule has 1 atom stereocenters. The van der Waals surface area contributed by atoms with E-state index in [2.05, 4.69) is 58.1 Å². The highest BCUT2D eigenvalue weighted by molar-refractivity contribution is 5.34. The summed E-state index contributed by atoms with van der Waals surface area (Å²) in [4.78, 5) is 11.1. The maximum absolute atomic E-state index is 5.53. The van der Waals surface area contributed by atoms with Gasteiger partial charge in [0.05, 0.1) is 12.4 Å². The second kappa shape index (κ2) is 6.80. The SMILES string of the molecule is CC(C)c1noc([C@@H]2CCCN2Cc2ccc(-n3ccnc3)cc2)n1. The molecule has 0 bridgehead atoms. The van der Waals surface area contributed by atoms with Gasteiger partial charge in [-0.05, 0) is 37.1 Å². The average Bonchev–Trinajstić information content (AvgIpc) is 3.36. The molecule has 0 amide bonds. The van der Waals surface area contributed by atoms with E-state index in [0.717, 1.165) is 43.3 Å². The summed E-state index contributed by atoms with van der Waals surface area (Å²) in [5.41, 5.74) is 2.41. The van der Waals surface area contributed by atoms with Crippen molar-refractivity contribution in [3.8, 4) is 5.69 Å². The van der Waals surface area contributed by atoms with E-state index in [4.69, 9.17) is 4.52 Å². The summed E-state index contributed by atoms with van der Waals surface area (Å²) in [5.74, 6) is 1.85. The first-order valence-electron chi connectivity index (χ1n) is 8.85. The second-order valence-electron chi connectivity index (χ2n) is 6.91. The summed E-state index contributed by atoms with van der Waals surface area (Å²) in [5, 5.41) is 4.12. The molecule has 0 unspecified atom stereocenters. The molecule has 0 aliphatic carbocycles. The van der Waals surface area contributed by atoms with Crippen molar-refractivity contribution in [2.75, 3.05) is 6.54 Å². The minimum Gasteiger partial charge on any atom is -0.338 e. The van der Waals surface area contributed by atoms with Gasteiger partial charge in [0.25, 0.3) is 0 Å². The average molecular weight is 337 g/mol. The van der Waals surface area contributed by atoms with Gasteiger partial charge in [-0.25, -0.2) is 4.98 Å². The third kappa shape index (κ3) is 3.35. The first kappa shape index (κ1) is 16.0. The van der Waals surface area contributed by atoms with Crippen LogP contribution < -0.4 is 0 Å². The summed E-state index contributed by atoms with van der Waals surface area (Å²) >= 11 is 0. The Labute approximate surface area is 147 Å². The topological polar surface area (TPSA) is 60.0 Å². The molecule has 0 N–H and O–H groups in total. The molecule has 0 radical (unpaired) electrons. The smallest absolute Gasteiger partial charge is 0.244 e. The quantitative estimate of drug-likeness (QED) is 0.710. The van der Waals surface area contributed by atoms with E-state index in [-0.39, 0.29) is 6.04 Å². The van der Waals surface area contributed by atoms with Crippen molar-refractivity contribution in [2.24, 2.45) is 0 Å². The predicted molar refractivity (Wildman–Crippen MR) is 94.3 cm³/mol. The zero-order chi connectivity index (χ0) is 17.2. The summed E-state index contributed by atoms with van der Waals surface area (Å²) in [6.07, 6.45) is 7.80. The molecule has 2 aromatic heterocycles. The number of aromatic nitrogens is 4. The summed E-state index contributed by atoms with van der Waals surface area (Å²) in [6.45, 7) is 6.13. The summed E-state index contributed by atoms with van der Waals surface area (Å²) in [7, 11) is 0. The number of hydrogen-bond donors (Lipinski definition) is 0. The Bertz CT molecular complexity index is 807. The fraction of sp³-hybridized carbons (Fsp3) is 0.421. The van der Waals surface area contributed by atoms with E-state index in [9.17, 15) is 0 Å². The van der Waals surface area contributed by atoms with Gasteiger partial charge >= 0.3 is 0 Å². The van der Waals surface area contributed by atoms with Crippen LogP contribution in [0, 0.1) is 0 Å². The first-order chi connectivity index (χ1) is 12.2. The molecule has 4 rings (SSSR count). The van der Waals surface area contributed by atoms with Gasteiger partial charge in [0, 0.05) is 30.5 Å². The Kier molecular flexibility index (Phi) is 4.36. The van der Waals surface area contributed by atoms with Gasteiger partial charge in [0.1, 0.15) is 0 Å². The lowest BCUT2D eigenvalue weighted by atomic mass is 10.1. The number of rotatable bonds is 5. The van der Waals surface area contributed by atoms with Crippen molar-refractivity contribution in [1.29, 1.82) is 0 Å². The van der Waals surface area contributed by atoms with Crippen molar-refractivity contribution >= 4 is 0 Å². The molecule has 130 valence electrons. The van der Waals surface area contributed by atoms with Crippen LogP contribution in [0.5, 0.6) is 0 Å². The molecule has 1 aromatic carbocycles. The highest BCUT2D eigenvalue weighted by atomic mass is 16.5. The first-order valence-corrected chi connectivity index (χ1v) is 8.85. The Balaban J connectivity index is 1.47. The molecule has 1 fully saturated rings. The van der Waals surface area contributed by atoms with Gasteiger partial charge in [-0.1, -0.05) is 31.1 Å². The van der Waals surface area contributed by atoms with Crippen LogP contribution in [0.2, 0.25) is 0 Å². The fourth-order valence-corrected chi connectivity index (χ4v) is 3.33. The van der Waals surface area contributed by atoms with Crippen LogP contribution in [0.4, 0.5) is 0 Å². The van der Waals surface area contributed by atoms with Gasteiger partial charge in [-0.2, -0.15) is 4.98 Å². The van der Waals surface area contributed by atoms with Crippen LogP contribution in [0.3, 0.4) is 0 Å². The molecular formula is C19H23N5O. The maximum Gasteiger partial charge on any atom is 0.244 e. The van der Waals surface area contributed by atoms with Crippen LogP contribution in [-0.4, -0.2) is 31.1 Å². The van der Waals surface area contributed by atoms with E-state index in [1.54, 1.807) is 6.20 Å². The van der Waals surface area contributed by atoms with Crippen molar-refractivity contribution in [3.05, 3.63) is 60.3 Å². The zero-order valence-electron chi connectivity index (χ0n) is 14.7. The van der Waals surface area contributed by atoms with Crippen LogP contribution in [0.15, 0.2) is 47.5 Å². The predicted octanol–water partition coefficient (Wildman–Crippen LogP) is 3.72. The monoisotopic (exact) mass is 337 g/mol. The Morgan fingerprint density at radius 3 is 2.76 bits per heavy atom. The summed E-state index contributed by atoms with van der Waals surface area (Å²) < 4.78 is 7.54. The molecule has 25 heavy (non-hydrogen) atoms. The Morgan fingerprint density at radius 2 is 2.08 bits per heavy atom. The van der Waals surface area contributed by atoms with Gasteiger partial charge in [-0.15, -0.1) is 0 Å². The summed E-state index contributed by atoms with van der Waals surface area (Å²) in [6, 6.07) is 8.85. The molecule has 1 saturated heterocycles. The lowest BCUT2D eigenvalue weighted by molar-refractivity contribution is 0.201. The van der Waals surface area contributed by atoms with Crippen molar-refractivity contribution in [3.63, 3.8) is 0 Å². The van der Waals surface area contributed by atoms with Crippen LogP contribution in [0.25, 0.3) is 5.69 Å². The standard InChI is InChI=1S/C19H23N5O/c1-14(2)18-21-19(25-22-18)17-4-3-10-23(17)12-15-5-7-16(8-6-15)24-11-9-20-13-24/h5-9,11,13-14,17H,3-4,10,12H2,1-2H3/t17-/m0/s1. The minimum absolute atomic E-state index is 0.230. The van der Waals surface area contributed by atoms with E-state index < -0.39 is 0 Å². The van der Waals surface area contributed by atoms with Crippen LogP contribution >= 0.6 is 0 Å². The molecular weight excluding hydrogens is 314 g/mol.